The van der Waals surface area contributed by atoms with E-state index in [1.54, 1.807) is 0 Å². The summed E-state index contributed by atoms with van der Waals surface area (Å²) in [5.74, 6) is -2.69. The molecule has 1 fully saturated rings. The Hall–Kier alpha value is -2.84. The molecule has 2 aromatic carbocycles. The Morgan fingerprint density at radius 2 is 1.90 bits per heavy atom. The predicted molar refractivity (Wildman–Crippen MR) is 96.6 cm³/mol. The summed E-state index contributed by atoms with van der Waals surface area (Å²) in [6, 6.07) is 8.37. The molecule has 9 heteroatoms. The van der Waals surface area contributed by atoms with Gasteiger partial charge in [0.2, 0.25) is 0 Å². The van der Waals surface area contributed by atoms with E-state index in [2.05, 4.69) is 5.32 Å². The summed E-state index contributed by atoms with van der Waals surface area (Å²) >= 11 is 0. The summed E-state index contributed by atoms with van der Waals surface area (Å²) in [6.07, 6.45) is -3.84. The van der Waals surface area contributed by atoms with E-state index >= 15 is 0 Å². The smallest absolute Gasteiger partial charge is 0.419 e. The Bertz CT molecular complexity index is 872. The van der Waals surface area contributed by atoms with Crippen molar-refractivity contribution < 1.29 is 31.5 Å². The van der Waals surface area contributed by atoms with Gasteiger partial charge in [-0.15, -0.1) is 0 Å². The molecule has 0 spiro atoms. The number of amides is 1. The highest BCUT2D eigenvalue weighted by Gasteiger charge is 2.34. The minimum atomic E-state index is -4.57. The van der Waals surface area contributed by atoms with Crippen LogP contribution in [0.1, 0.15) is 12.0 Å². The molecule has 1 amide bonds. The average molecular weight is 414 g/mol. The van der Waals surface area contributed by atoms with Crippen LogP contribution in [0.2, 0.25) is 0 Å². The molecule has 4 nitrogen and oxygen atoms in total. The van der Waals surface area contributed by atoms with Gasteiger partial charge in [-0.05, 0) is 36.6 Å². The van der Waals surface area contributed by atoms with Gasteiger partial charge in [0.15, 0.2) is 18.2 Å². The number of hydrogen-bond donors (Lipinski definition) is 1. The van der Waals surface area contributed by atoms with Crippen molar-refractivity contribution >= 4 is 11.6 Å². The minimum absolute atomic E-state index is 0.0783. The lowest BCUT2D eigenvalue weighted by Gasteiger charge is -2.19. The molecular formula is C20H19F5N2O2. The molecule has 1 aliphatic heterocycles. The number of ether oxygens (including phenoxy) is 1. The number of rotatable bonds is 6. The van der Waals surface area contributed by atoms with Crippen LogP contribution < -0.4 is 15.0 Å². The van der Waals surface area contributed by atoms with Gasteiger partial charge in [0.1, 0.15) is 5.75 Å². The number of nitrogens with zero attached hydrogens (tertiary/aromatic N) is 1. The van der Waals surface area contributed by atoms with Crippen molar-refractivity contribution in [3.63, 3.8) is 0 Å². The SMILES string of the molecule is O=C(COc1ccccc1C(F)(F)F)NCC1CCN(c2ccc(F)c(F)c2)C1. The first kappa shape index (κ1) is 20.9. The number of para-hydroxylation sites is 1. The van der Waals surface area contributed by atoms with Crippen molar-refractivity contribution in [2.24, 2.45) is 5.92 Å². The van der Waals surface area contributed by atoms with Crippen molar-refractivity contribution in [1.29, 1.82) is 0 Å². The molecule has 0 saturated carbocycles. The van der Waals surface area contributed by atoms with Crippen molar-refractivity contribution in [3.05, 3.63) is 59.7 Å². The number of carbonyl (C=O) groups excluding carboxylic acids is 1. The second-order valence-electron chi connectivity index (χ2n) is 6.79. The molecule has 0 bridgehead atoms. The highest BCUT2D eigenvalue weighted by molar-refractivity contribution is 5.77. The average Bonchev–Trinajstić information content (AvgIpc) is 3.15. The molecule has 0 aliphatic carbocycles. The molecule has 156 valence electrons. The van der Waals surface area contributed by atoms with Crippen LogP contribution in [0.4, 0.5) is 27.6 Å². The fourth-order valence-corrected chi connectivity index (χ4v) is 3.19. The molecule has 1 heterocycles. The summed E-state index contributed by atoms with van der Waals surface area (Å²) in [6.45, 7) is 0.945. The van der Waals surface area contributed by atoms with Crippen LogP contribution >= 0.6 is 0 Å². The lowest BCUT2D eigenvalue weighted by molar-refractivity contribution is -0.139. The van der Waals surface area contributed by atoms with Gasteiger partial charge in [0.05, 0.1) is 5.56 Å². The van der Waals surface area contributed by atoms with E-state index in [-0.39, 0.29) is 5.92 Å². The van der Waals surface area contributed by atoms with Gasteiger partial charge in [-0.2, -0.15) is 13.2 Å². The first-order valence-electron chi connectivity index (χ1n) is 9.00. The summed E-state index contributed by atoms with van der Waals surface area (Å²) in [4.78, 5) is 13.8. The second-order valence-corrected chi connectivity index (χ2v) is 6.79. The highest BCUT2D eigenvalue weighted by Crippen LogP contribution is 2.35. The fourth-order valence-electron chi connectivity index (χ4n) is 3.19. The van der Waals surface area contributed by atoms with Gasteiger partial charge in [-0.3, -0.25) is 4.79 Å². The number of anilines is 1. The van der Waals surface area contributed by atoms with Crippen molar-refractivity contribution in [3.8, 4) is 5.75 Å². The van der Waals surface area contributed by atoms with Gasteiger partial charge in [0.25, 0.3) is 5.91 Å². The normalized spacial score (nSPS) is 16.7. The Morgan fingerprint density at radius 3 is 2.62 bits per heavy atom. The van der Waals surface area contributed by atoms with Crippen molar-refractivity contribution in [2.45, 2.75) is 12.6 Å². The second kappa shape index (κ2) is 8.67. The monoisotopic (exact) mass is 414 g/mol. The van der Waals surface area contributed by atoms with Crippen LogP contribution in [0, 0.1) is 17.6 Å². The van der Waals surface area contributed by atoms with Crippen molar-refractivity contribution in [1.82, 2.24) is 5.32 Å². The third-order valence-electron chi connectivity index (χ3n) is 4.69. The molecule has 0 radical (unpaired) electrons. The van der Waals surface area contributed by atoms with Gasteiger partial charge >= 0.3 is 6.18 Å². The fraction of sp³-hybridized carbons (Fsp3) is 0.350. The Balaban J connectivity index is 1.47. The summed E-state index contributed by atoms with van der Waals surface area (Å²) in [5, 5.41) is 2.64. The van der Waals surface area contributed by atoms with E-state index < -0.39 is 41.6 Å². The highest BCUT2D eigenvalue weighted by atomic mass is 19.4. The quantitative estimate of drug-likeness (QED) is 0.727. The molecule has 1 aliphatic rings. The molecular weight excluding hydrogens is 395 g/mol. The Kier molecular flexibility index (Phi) is 6.24. The van der Waals surface area contributed by atoms with Crippen LogP contribution in [0.3, 0.4) is 0 Å². The van der Waals surface area contributed by atoms with Gasteiger partial charge in [0, 0.05) is 31.4 Å². The van der Waals surface area contributed by atoms with E-state index in [1.165, 1.54) is 18.2 Å². The number of alkyl halides is 3. The van der Waals surface area contributed by atoms with E-state index in [9.17, 15) is 26.7 Å². The zero-order valence-electron chi connectivity index (χ0n) is 15.3. The Morgan fingerprint density at radius 1 is 1.14 bits per heavy atom. The maximum atomic E-state index is 13.4. The third-order valence-corrected chi connectivity index (χ3v) is 4.69. The number of halogens is 5. The van der Waals surface area contributed by atoms with E-state index in [1.807, 2.05) is 4.90 Å². The lowest BCUT2D eigenvalue weighted by atomic mass is 10.1. The first-order chi connectivity index (χ1) is 13.7. The van der Waals surface area contributed by atoms with Crippen LogP contribution in [-0.2, 0) is 11.0 Å². The van der Waals surface area contributed by atoms with Crippen LogP contribution in [0.25, 0.3) is 0 Å². The van der Waals surface area contributed by atoms with E-state index in [4.69, 9.17) is 4.74 Å². The topological polar surface area (TPSA) is 41.6 Å². The largest absolute Gasteiger partial charge is 0.483 e. The zero-order valence-corrected chi connectivity index (χ0v) is 15.3. The summed E-state index contributed by atoms with van der Waals surface area (Å²) in [7, 11) is 0. The van der Waals surface area contributed by atoms with Crippen LogP contribution in [0.5, 0.6) is 5.75 Å². The molecule has 1 atom stereocenters. The minimum Gasteiger partial charge on any atom is -0.483 e. The van der Waals surface area contributed by atoms with Gasteiger partial charge in [-0.25, -0.2) is 8.78 Å². The molecule has 1 N–H and O–H groups in total. The number of hydrogen-bond acceptors (Lipinski definition) is 3. The first-order valence-corrected chi connectivity index (χ1v) is 9.00. The third kappa shape index (κ3) is 5.36. The van der Waals surface area contributed by atoms with Gasteiger partial charge < -0.3 is 15.0 Å². The maximum absolute atomic E-state index is 13.4. The van der Waals surface area contributed by atoms with Gasteiger partial charge in [-0.1, -0.05) is 12.1 Å². The van der Waals surface area contributed by atoms with E-state index in [0.29, 0.717) is 25.3 Å². The van der Waals surface area contributed by atoms with Crippen LogP contribution in [0.15, 0.2) is 42.5 Å². The maximum Gasteiger partial charge on any atom is 0.419 e. The zero-order chi connectivity index (χ0) is 21.0. The summed E-state index contributed by atoms with van der Waals surface area (Å²) < 4.78 is 70.2. The molecule has 29 heavy (non-hydrogen) atoms. The molecule has 1 saturated heterocycles. The summed E-state index contributed by atoms with van der Waals surface area (Å²) in [5.41, 5.74) is -0.379. The molecule has 0 aromatic heterocycles. The van der Waals surface area contributed by atoms with Crippen LogP contribution in [-0.4, -0.2) is 32.1 Å². The standard InChI is InChI=1S/C20H19F5N2O2/c21-16-6-5-14(9-17(16)22)27-8-7-13(11-27)10-26-19(28)12-29-18-4-2-1-3-15(18)20(23,24)25/h1-6,9,13H,7-8,10-12H2,(H,26,28). The van der Waals surface area contributed by atoms with Crippen molar-refractivity contribution in [2.75, 3.05) is 31.1 Å². The number of nitrogens with one attached hydrogen (secondary N) is 1. The molecule has 1 unspecified atom stereocenters. The van der Waals surface area contributed by atoms with E-state index in [0.717, 1.165) is 30.7 Å². The predicted octanol–water partition coefficient (Wildman–Crippen LogP) is 4.01. The molecule has 3 rings (SSSR count). The lowest BCUT2D eigenvalue weighted by Crippen LogP contribution is -2.34. The number of benzene rings is 2. The Labute approximate surface area is 164 Å². The number of carbonyl (C=O) groups is 1. The molecule has 2 aromatic rings.